The predicted molar refractivity (Wildman–Crippen MR) is 89.1 cm³/mol. The van der Waals surface area contributed by atoms with Crippen LogP contribution in [0.3, 0.4) is 0 Å². The largest absolute Gasteiger partial charge is 0.481 e. The average Bonchev–Trinajstić information content (AvgIpc) is 3.08. The van der Waals surface area contributed by atoms with Gasteiger partial charge in [-0.1, -0.05) is 6.07 Å². The highest BCUT2D eigenvalue weighted by molar-refractivity contribution is 7.88. The van der Waals surface area contributed by atoms with Gasteiger partial charge in [-0.25, -0.2) is 12.7 Å². The van der Waals surface area contributed by atoms with Crippen molar-refractivity contribution in [2.75, 3.05) is 32.4 Å². The van der Waals surface area contributed by atoms with Crippen LogP contribution in [0.15, 0.2) is 24.5 Å². The highest BCUT2D eigenvalue weighted by atomic mass is 32.2. The van der Waals surface area contributed by atoms with E-state index in [0.29, 0.717) is 6.42 Å². The molecule has 9 heteroatoms. The summed E-state index contributed by atoms with van der Waals surface area (Å²) in [5, 5.41) is 9.70. The molecule has 0 aliphatic carbocycles. The first-order valence-corrected chi connectivity index (χ1v) is 9.92. The monoisotopic (exact) mass is 367 g/mol. The lowest BCUT2D eigenvalue weighted by molar-refractivity contribution is -0.149. The van der Waals surface area contributed by atoms with Gasteiger partial charge in [-0.05, 0) is 18.1 Å². The van der Waals surface area contributed by atoms with Gasteiger partial charge in [0, 0.05) is 50.9 Å². The first-order valence-electron chi connectivity index (χ1n) is 8.07. The Balaban J connectivity index is 1.68. The van der Waals surface area contributed by atoms with E-state index in [1.165, 1.54) is 4.31 Å². The third-order valence-electron chi connectivity index (χ3n) is 5.18. The number of carboxylic acids is 1. The molecule has 8 nitrogen and oxygen atoms in total. The summed E-state index contributed by atoms with van der Waals surface area (Å²) in [6.07, 6.45) is 5.28. The Kier molecular flexibility index (Phi) is 4.54. The molecular formula is C16H21N3O5S. The van der Waals surface area contributed by atoms with Crippen LogP contribution in [0, 0.1) is 11.3 Å². The molecule has 1 amide bonds. The van der Waals surface area contributed by atoms with Crippen molar-refractivity contribution < 1.29 is 23.1 Å². The quantitative estimate of drug-likeness (QED) is 0.773. The lowest BCUT2D eigenvalue weighted by Gasteiger charge is -2.24. The fourth-order valence-corrected chi connectivity index (χ4v) is 4.64. The fourth-order valence-electron chi connectivity index (χ4n) is 3.72. The zero-order valence-corrected chi connectivity index (χ0v) is 14.8. The predicted octanol–water partition coefficient (Wildman–Crippen LogP) is -0.181. The molecule has 25 heavy (non-hydrogen) atoms. The van der Waals surface area contributed by atoms with Crippen molar-refractivity contribution in [2.24, 2.45) is 11.3 Å². The SMILES string of the molecule is CS(=O)(=O)N1C[C@H]2CN(C(=O)CCc3cccnc3)C[C@@]2(C(=O)O)C1. The topological polar surface area (TPSA) is 108 Å². The fraction of sp³-hybridized carbons (Fsp3) is 0.562. The van der Waals surface area contributed by atoms with Crippen LogP contribution >= 0.6 is 0 Å². The molecule has 0 radical (unpaired) electrons. The van der Waals surface area contributed by atoms with E-state index < -0.39 is 21.4 Å². The number of aliphatic carboxylic acids is 1. The van der Waals surface area contributed by atoms with Gasteiger partial charge in [0.1, 0.15) is 5.41 Å². The van der Waals surface area contributed by atoms with Crippen LogP contribution in [0.25, 0.3) is 0 Å². The summed E-state index contributed by atoms with van der Waals surface area (Å²) in [7, 11) is -3.44. The number of rotatable bonds is 5. The van der Waals surface area contributed by atoms with Crippen molar-refractivity contribution in [1.29, 1.82) is 0 Å². The molecule has 2 saturated heterocycles. The van der Waals surface area contributed by atoms with Crippen LogP contribution in [0.1, 0.15) is 12.0 Å². The molecule has 2 atom stereocenters. The van der Waals surface area contributed by atoms with Crippen LogP contribution in [-0.4, -0.2) is 72.0 Å². The number of carbonyl (C=O) groups is 2. The maximum absolute atomic E-state index is 12.5. The van der Waals surface area contributed by atoms with Crippen LogP contribution in [0.5, 0.6) is 0 Å². The minimum absolute atomic E-state index is 0.0604. The zero-order chi connectivity index (χ0) is 18.2. The molecule has 1 N–H and O–H groups in total. The van der Waals surface area contributed by atoms with E-state index in [1.54, 1.807) is 23.4 Å². The number of hydrogen-bond acceptors (Lipinski definition) is 5. The minimum atomic E-state index is -3.44. The van der Waals surface area contributed by atoms with Gasteiger partial charge in [-0.2, -0.15) is 0 Å². The molecule has 2 aliphatic heterocycles. The van der Waals surface area contributed by atoms with Crippen molar-refractivity contribution in [3.05, 3.63) is 30.1 Å². The van der Waals surface area contributed by atoms with E-state index >= 15 is 0 Å². The highest BCUT2D eigenvalue weighted by Gasteiger charge is 2.59. The van der Waals surface area contributed by atoms with Crippen molar-refractivity contribution in [3.63, 3.8) is 0 Å². The molecule has 2 fully saturated rings. The maximum atomic E-state index is 12.5. The first kappa shape index (κ1) is 17.8. The molecular weight excluding hydrogens is 346 g/mol. The summed E-state index contributed by atoms with van der Waals surface area (Å²) in [6, 6.07) is 3.70. The van der Waals surface area contributed by atoms with E-state index in [-0.39, 0.29) is 44.4 Å². The number of sulfonamides is 1. The standard InChI is InChI=1S/C16H21N3O5S/c1-25(23,24)19-9-13-8-18(10-16(13,11-19)15(21)22)14(20)5-4-12-3-2-6-17-7-12/h2-3,6-7,13H,4-5,8-11H2,1H3,(H,21,22)/t13-,16-/m1/s1. The maximum Gasteiger partial charge on any atom is 0.313 e. The van der Waals surface area contributed by atoms with Gasteiger partial charge in [0.05, 0.1) is 6.26 Å². The number of aromatic nitrogens is 1. The van der Waals surface area contributed by atoms with E-state index in [1.807, 2.05) is 6.07 Å². The van der Waals surface area contributed by atoms with Crippen LogP contribution < -0.4 is 0 Å². The molecule has 3 rings (SSSR count). The number of carboxylic acid groups (broad SMARTS) is 1. The summed E-state index contributed by atoms with van der Waals surface area (Å²) in [5.41, 5.74) is -0.251. The summed E-state index contributed by atoms with van der Waals surface area (Å²) >= 11 is 0. The Labute approximate surface area is 146 Å². The number of likely N-dealkylation sites (tertiary alicyclic amines) is 1. The van der Waals surface area contributed by atoms with Gasteiger partial charge >= 0.3 is 5.97 Å². The molecule has 0 unspecified atom stereocenters. The third-order valence-corrected chi connectivity index (χ3v) is 6.39. The average molecular weight is 367 g/mol. The number of aryl methyl sites for hydroxylation is 1. The molecule has 0 saturated carbocycles. The molecule has 1 aromatic rings. The van der Waals surface area contributed by atoms with Crippen molar-refractivity contribution in [2.45, 2.75) is 12.8 Å². The van der Waals surface area contributed by atoms with Gasteiger partial charge in [-0.15, -0.1) is 0 Å². The molecule has 3 heterocycles. The van der Waals surface area contributed by atoms with Crippen molar-refractivity contribution in [3.8, 4) is 0 Å². The number of pyridine rings is 1. The van der Waals surface area contributed by atoms with Crippen molar-refractivity contribution >= 4 is 21.9 Å². The Morgan fingerprint density at radius 2 is 2.12 bits per heavy atom. The smallest absolute Gasteiger partial charge is 0.313 e. The summed E-state index contributed by atoms with van der Waals surface area (Å²) < 4.78 is 24.7. The van der Waals surface area contributed by atoms with Gasteiger partial charge in [0.15, 0.2) is 0 Å². The Hall–Kier alpha value is -2.00. The van der Waals surface area contributed by atoms with E-state index in [4.69, 9.17) is 0 Å². The van der Waals surface area contributed by atoms with E-state index in [9.17, 15) is 23.1 Å². The summed E-state index contributed by atoms with van der Waals surface area (Å²) in [6.45, 7) is 0.421. The van der Waals surface area contributed by atoms with Gasteiger partial charge in [0.2, 0.25) is 15.9 Å². The number of hydrogen-bond donors (Lipinski definition) is 1. The normalized spacial score (nSPS) is 26.6. The third kappa shape index (κ3) is 3.38. The molecule has 0 bridgehead atoms. The highest BCUT2D eigenvalue weighted by Crippen LogP contribution is 2.43. The second kappa shape index (κ2) is 6.38. The Morgan fingerprint density at radius 1 is 1.36 bits per heavy atom. The van der Waals surface area contributed by atoms with Crippen LogP contribution in [0.2, 0.25) is 0 Å². The first-order chi connectivity index (χ1) is 11.7. The number of nitrogens with zero attached hydrogens (tertiary/aromatic N) is 3. The lowest BCUT2D eigenvalue weighted by atomic mass is 9.81. The van der Waals surface area contributed by atoms with Crippen molar-refractivity contribution in [1.82, 2.24) is 14.2 Å². The second-order valence-electron chi connectivity index (χ2n) is 6.85. The number of amides is 1. The Bertz CT molecular complexity index is 782. The molecule has 2 aliphatic rings. The van der Waals surface area contributed by atoms with E-state index in [0.717, 1.165) is 11.8 Å². The number of carbonyl (C=O) groups excluding carboxylic acids is 1. The number of fused-ring (bicyclic) bond motifs is 1. The second-order valence-corrected chi connectivity index (χ2v) is 8.83. The lowest BCUT2D eigenvalue weighted by Crippen LogP contribution is -2.42. The van der Waals surface area contributed by atoms with Crippen LogP contribution in [-0.2, 0) is 26.0 Å². The molecule has 1 aromatic heterocycles. The van der Waals surface area contributed by atoms with Crippen LogP contribution in [0.4, 0.5) is 0 Å². The molecule has 0 aromatic carbocycles. The van der Waals surface area contributed by atoms with Gasteiger partial charge < -0.3 is 10.0 Å². The molecule has 136 valence electrons. The van der Waals surface area contributed by atoms with Gasteiger partial charge in [-0.3, -0.25) is 14.6 Å². The van der Waals surface area contributed by atoms with Gasteiger partial charge in [0.25, 0.3) is 0 Å². The van der Waals surface area contributed by atoms with E-state index in [2.05, 4.69) is 4.98 Å². The summed E-state index contributed by atoms with van der Waals surface area (Å²) in [4.78, 5) is 29.9. The summed E-state index contributed by atoms with van der Waals surface area (Å²) in [5.74, 6) is -1.52. The zero-order valence-electron chi connectivity index (χ0n) is 14.0. The Morgan fingerprint density at radius 3 is 2.68 bits per heavy atom. The minimum Gasteiger partial charge on any atom is -0.481 e. The molecule has 0 spiro atoms.